The molecule has 0 spiro atoms. The fourth-order valence-electron chi connectivity index (χ4n) is 2.33. The highest BCUT2D eigenvalue weighted by molar-refractivity contribution is 5.89. The van der Waals surface area contributed by atoms with Gasteiger partial charge >= 0.3 is 0 Å². The van der Waals surface area contributed by atoms with Gasteiger partial charge < -0.3 is 20.4 Å². The van der Waals surface area contributed by atoms with Gasteiger partial charge in [0.25, 0.3) is 0 Å². The van der Waals surface area contributed by atoms with Gasteiger partial charge in [-0.25, -0.2) is 0 Å². The summed E-state index contributed by atoms with van der Waals surface area (Å²) in [5.74, 6) is -0.173. The van der Waals surface area contributed by atoms with Crippen LogP contribution in [0.4, 0.5) is 0 Å². The smallest absolute Gasteiger partial charge is 0.197 e. The average Bonchev–Trinajstić information content (AvgIpc) is 2.60. The summed E-state index contributed by atoms with van der Waals surface area (Å²) in [6.07, 6.45) is 7.26. The summed E-state index contributed by atoms with van der Waals surface area (Å²) in [7, 11) is 0. The number of phenols is 2. The van der Waals surface area contributed by atoms with E-state index in [-0.39, 0.29) is 29.0 Å². The van der Waals surface area contributed by atoms with Crippen LogP contribution in [0.15, 0.2) is 52.2 Å². The van der Waals surface area contributed by atoms with E-state index in [0.29, 0.717) is 23.3 Å². The van der Waals surface area contributed by atoms with Crippen LogP contribution in [0, 0.1) is 0 Å². The fourth-order valence-corrected chi connectivity index (χ4v) is 2.33. The molecule has 1 heterocycles. The van der Waals surface area contributed by atoms with Crippen LogP contribution < -0.4 is 11.2 Å². The van der Waals surface area contributed by atoms with Crippen LogP contribution in [0.1, 0.15) is 32.1 Å². The summed E-state index contributed by atoms with van der Waals surface area (Å²) >= 11 is 0. The zero-order chi connectivity index (χ0) is 19.0. The number of phenolic OH excluding ortho intramolecular Hbond substituents is 2. The molecule has 2 rings (SSSR count). The third-order valence-corrected chi connectivity index (χ3v) is 3.43. The third-order valence-electron chi connectivity index (χ3n) is 3.43. The van der Waals surface area contributed by atoms with Crippen molar-refractivity contribution in [1.29, 1.82) is 0 Å². The number of benzene rings is 1. The van der Waals surface area contributed by atoms with Crippen LogP contribution in [0.3, 0.4) is 0 Å². The van der Waals surface area contributed by atoms with Gasteiger partial charge in [-0.15, -0.1) is 0 Å². The van der Waals surface area contributed by atoms with E-state index in [1.165, 1.54) is 6.07 Å². The molecule has 1 aromatic heterocycles. The van der Waals surface area contributed by atoms with E-state index >= 15 is 0 Å². The zero-order valence-electron chi connectivity index (χ0n) is 14.9. The lowest BCUT2D eigenvalue weighted by atomic mass is 10.0. The van der Waals surface area contributed by atoms with Gasteiger partial charge in [-0.05, 0) is 19.9 Å². The molecule has 0 atom stereocenters. The first-order valence-electron chi connectivity index (χ1n) is 8.21. The Morgan fingerprint density at radius 3 is 2.52 bits per heavy atom. The van der Waals surface area contributed by atoms with Crippen molar-refractivity contribution in [3.05, 3.63) is 64.6 Å². The van der Waals surface area contributed by atoms with Gasteiger partial charge in [-0.1, -0.05) is 44.7 Å². The van der Waals surface area contributed by atoms with Crippen molar-refractivity contribution in [2.45, 2.75) is 27.2 Å². The van der Waals surface area contributed by atoms with Crippen molar-refractivity contribution in [3.63, 3.8) is 0 Å². The van der Waals surface area contributed by atoms with E-state index in [2.05, 4.69) is 6.58 Å². The summed E-state index contributed by atoms with van der Waals surface area (Å²) < 4.78 is 5.79. The minimum absolute atomic E-state index is 0.0319. The van der Waals surface area contributed by atoms with Crippen molar-refractivity contribution in [3.8, 4) is 11.5 Å². The van der Waals surface area contributed by atoms with Crippen molar-refractivity contribution in [1.82, 2.24) is 0 Å². The number of allylic oxidation sites excluding steroid dienone is 5. The summed E-state index contributed by atoms with van der Waals surface area (Å²) in [6, 6.07) is 2.43. The van der Waals surface area contributed by atoms with Gasteiger partial charge in [-0.3, -0.25) is 4.79 Å². The molecule has 0 radical (unpaired) electrons. The number of hydrogen-bond donors (Lipinski definition) is 3. The topological polar surface area (TPSA) is 96.7 Å². The Morgan fingerprint density at radius 1 is 1.28 bits per heavy atom. The highest BCUT2D eigenvalue weighted by atomic mass is 16.3. The average molecular weight is 343 g/mol. The first kappa shape index (κ1) is 20.3. The predicted octanol–water partition coefficient (Wildman–Crippen LogP) is 3.88. The summed E-state index contributed by atoms with van der Waals surface area (Å²) in [5, 5.41) is 20.0. The minimum Gasteiger partial charge on any atom is -0.507 e. The number of nitrogens with two attached hydrogens (primary N) is 1. The van der Waals surface area contributed by atoms with Crippen LogP contribution in [0.25, 0.3) is 16.5 Å². The standard InChI is InChI=1S/C18H19NO4.C2H6/c1-3-5-6-11(4-2)16-10-15(22)17-14(21)9-13(20)12(7-8-19)18(17)23-16;1-2/h3-6,9-10,20-21H,2,7-8,19H2,1H3;1-2H3/b5-3-,11-6+;. The van der Waals surface area contributed by atoms with E-state index in [9.17, 15) is 15.0 Å². The second-order valence-electron chi connectivity index (χ2n) is 4.96. The Labute approximate surface area is 147 Å². The number of fused-ring (bicyclic) bond motifs is 1. The second-order valence-corrected chi connectivity index (χ2v) is 4.96. The molecule has 25 heavy (non-hydrogen) atoms. The van der Waals surface area contributed by atoms with Gasteiger partial charge in [0.15, 0.2) is 5.43 Å². The van der Waals surface area contributed by atoms with Crippen molar-refractivity contribution < 1.29 is 14.6 Å². The van der Waals surface area contributed by atoms with Crippen LogP contribution in [-0.2, 0) is 6.42 Å². The van der Waals surface area contributed by atoms with E-state index in [4.69, 9.17) is 10.2 Å². The fraction of sp³-hybridized carbons (Fsp3) is 0.250. The zero-order valence-corrected chi connectivity index (χ0v) is 14.9. The number of hydrogen-bond acceptors (Lipinski definition) is 5. The Kier molecular flexibility index (Phi) is 7.69. The Balaban J connectivity index is 0.00000151. The molecular formula is C20H25NO4. The molecule has 0 aliphatic heterocycles. The van der Waals surface area contributed by atoms with E-state index < -0.39 is 5.43 Å². The molecule has 4 N–H and O–H groups in total. The highest BCUT2D eigenvalue weighted by Gasteiger charge is 2.17. The molecule has 0 unspecified atom stereocenters. The third kappa shape index (κ3) is 4.39. The lowest BCUT2D eigenvalue weighted by molar-refractivity contribution is 0.446. The molecule has 0 saturated carbocycles. The van der Waals surface area contributed by atoms with Crippen molar-refractivity contribution in [2.75, 3.05) is 6.54 Å². The first-order chi connectivity index (χ1) is 12.0. The summed E-state index contributed by atoms with van der Waals surface area (Å²) in [5.41, 5.74) is 6.31. The van der Waals surface area contributed by atoms with Gasteiger partial charge in [0.05, 0.1) is 0 Å². The Morgan fingerprint density at radius 2 is 1.96 bits per heavy atom. The molecule has 0 aliphatic carbocycles. The summed E-state index contributed by atoms with van der Waals surface area (Å²) in [4.78, 5) is 12.4. The molecule has 5 heteroatoms. The molecule has 1 aromatic carbocycles. The molecule has 0 fully saturated rings. The molecule has 0 aliphatic rings. The predicted molar refractivity (Wildman–Crippen MR) is 103 cm³/mol. The Hall–Kier alpha value is -2.79. The number of aromatic hydroxyl groups is 2. The largest absolute Gasteiger partial charge is 0.507 e. The quantitative estimate of drug-likeness (QED) is 0.716. The summed E-state index contributed by atoms with van der Waals surface area (Å²) in [6.45, 7) is 9.84. The Bertz CT molecular complexity index is 860. The molecule has 0 amide bonds. The second kappa shape index (κ2) is 9.49. The maximum Gasteiger partial charge on any atom is 0.197 e. The van der Waals surface area contributed by atoms with E-state index in [1.54, 1.807) is 18.2 Å². The normalized spacial score (nSPS) is 11.4. The van der Waals surface area contributed by atoms with Crippen LogP contribution in [-0.4, -0.2) is 16.8 Å². The van der Waals surface area contributed by atoms with Gasteiger partial charge in [0, 0.05) is 23.3 Å². The highest BCUT2D eigenvalue weighted by Crippen LogP contribution is 2.34. The van der Waals surface area contributed by atoms with Crippen molar-refractivity contribution >= 4 is 16.5 Å². The van der Waals surface area contributed by atoms with Gasteiger partial charge in [0.1, 0.15) is 28.2 Å². The SMILES string of the molecule is C=C/C(=C\C=C/C)c1cc(=O)c2c(O)cc(O)c(CCN)c2o1.CC. The number of rotatable bonds is 5. The van der Waals surface area contributed by atoms with E-state index in [0.717, 1.165) is 6.07 Å². The monoisotopic (exact) mass is 343 g/mol. The van der Waals surface area contributed by atoms with Crippen LogP contribution >= 0.6 is 0 Å². The first-order valence-corrected chi connectivity index (χ1v) is 8.21. The molecule has 134 valence electrons. The lowest BCUT2D eigenvalue weighted by Crippen LogP contribution is -2.07. The maximum atomic E-state index is 12.4. The van der Waals surface area contributed by atoms with Gasteiger partial charge in [0.2, 0.25) is 0 Å². The molecular weight excluding hydrogens is 318 g/mol. The van der Waals surface area contributed by atoms with Crippen LogP contribution in [0.2, 0.25) is 0 Å². The molecule has 2 aromatic rings. The molecule has 0 saturated heterocycles. The van der Waals surface area contributed by atoms with E-state index in [1.807, 2.05) is 26.8 Å². The lowest BCUT2D eigenvalue weighted by Gasteiger charge is -2.10. The molecule has 0 bridgehead atoms. The molecule has 5 nitrogen and oxygen atoms in total. The van der Waals surface area contributed by atoms with Gasteiger partial charge in [-0.2, -0.15) is 0 Å². The maximum absolute atomic E-state index is 12.4. The minimum atomic E-state index is -0.398. The van der Waals surface area contributed by atoms with Crippen LogP contribution in [0.5, 0.6) is 11.5 Å². The van der Waals surface area contributed by atoms with Crippen molar-refractivity contribution in [2.24, 2.45) is 5.73 Å².